The van der Waals surface area contributed by atoms with E-state index in [0.717, 1.165) is 26.2 Å². The Morgan fingerprint density at radius 1 is 1.37 bits per heavy atom. The maximum Gasteiger partial charge on any atom is 0.0949 e. The third-order valence-electron chi connectivity index (χ3n) is 4.06. The zero-order chi connectivity index (χ0) is 13.5. The monoisotopic (exact) mass is 264 g/mol. The van der Waals surface area contributed by atoms with Crippen LogP contribution in [0.2, 0.25) is 0 Å². The largest absolute Gasteiger partial charge is 0.332 e. The summed E-state index contributed by atoms with van der Waals surface area (Å²) in [7, 11) is 0. The van der Waals surface area contributed by atoms with Crippen molar-refractivity contribution in [2.24, 2.45) is 0 Å². The molecule has 1 aliphatic heterocycles. The minimum atomic E-state index is 0.512. The molecule has 4 nitrogen and oxygen atoms in total. The Morgan fingerprint density at radius 3 is 2.95 bits per heavy atom. The molecule has 0 aromatic carbocycles. The molecular weight excluding hydrogens is 236 g/mol. The average Bonchev–Trinajstić information content (AvgIpc) is 2.93. The van der Waals surface area contributed by atoms with Crippen molar-refractivity contribution >= 4 is 0 Å². The Hall–Kier alpha value is -0.870. The fraction of sp³-hybridized carbons (Fsp3) is 0.800. The van der Waals surface area contributed by atoms with Crippen LogP contribution in [0, 0.1) is 0 Å². The van der Waals surface area contributed by atoms with E-state index in [2.05, 4.69) is 33.6 Å². The van der Waals surface area contributed by atoms with Crippen molar-refractivity contribution in [3.63, 3.8) is 0 Å². The number of hydrogen-bond acceptors (Lipinski definition) is 3. The minimum absolute atomic E-state index is 0.512. The van der Waals surface area contributed by atoms with Crippen molar-refractivity contribution in [1.82, 2.24) is 19.8 Å². The van der Waals surface area contributed by atoms with E-state index in [1.807, 2.05) is 12.5 Å². The maximum absolute atomic E-state index is 4.35. The second-order valence-corrected chi connectivity index (χ2v) is 5.45. The molecule has 0 spiro atoms. The van der Waals surface area contributed by atoms with Gasteiger partial charge in [0, 0.05) is 25.3 Å². The fourth-order valence-electron chi connectivity index (χ4n) is 2.91. The van der Waals surface area contributed by atoms with Gasteiger partial charge in [-0.25, -0.2) is 4.98 Å². The highest BCUT2D eigenvalue weighted by Gasteiger charge is 2.18. The maximum atomic E-state index is 4.35. The number of aromatic nitrogens is 2. The topological polar surface area (TPSA) is 33.1 Å². The molecular formula is C15H28N4. The smallest absolute Gasteiger partial charge is 0.0949 e. The molecule has 1 aromatic heterocycles. The van der Waals surface area contributed by atoms with Crippen LogP contribution in [0.5, 0.6) is 0 Å². The van der Waals surface area contributed by atoms with Gasteiger partial charge in [-0.2, -0.15) is 0 Å². The Labute approximate surface area is 117 Å². The summed E-state index contributed by atoms with van der Waals surface area (Å²) in [6.45, 7) is 10.2. The molecule has 1 aliphatic rings. The van der Waals surface area contributed by atoms with Gasteiger partial charge in [-0.1, -0.05) is 20.3 Å². The molecule has 1 N–H and O–H groups in total. The predicted octanol–water partition coefficient (Wildman–Crippen LogP) is 2.43. The lowest BCUT2D eigenvalue weighted by atomic mass is 10.0. The van der Waals surface area contributed by atoms with Crippen LogP contribution in [0.15, 0.2) is 12.5 Å². The average molecular weight is 264 g/mol. The molecule has 0 saturated carbocycles. The molecule has 19 heavy (non-hydrogen) atoms. The lowest BCUT2D eigenvalue weighted by molar-refractivity contribution is 0.273. The molecule has 0 bridgehead atoms. The third kappa shape index (κ3) is 4.05. The van der Waals surface area contributed by atoms with Crippen molar-refractivity contribution in [2.75, 3.05) is 26.2 Å². The van der Waals surface area contributed by atoms with E-state index in [0.29, 0.717) is 6.04 Å². The second-order valence-electron chi connectivity index (χ2n) is 5.45. The number of imidazole rings is 1. The van der Waals surface area contributed by atoms with Gasteiger partial charge in [-0.3, -0.25) is 0 Å². The summed E-state index contributed by atoms with van der Waals surface area (Å²) in [5.41, 5.74) is 1.37. The first kappa shape index (κ1) is 14.5. The molecule has 1 atom stereocenters. The van der Waals surface area contributed by atoms with E-state index in [9.17, 15) is 0 Å². The third-order valence-corrected chi connectivity index (χ3v) is 4.06. The van der Waals surface area contributed by atoms with Gasteiger partial charge in [0.05, 0.1) is 12.0 Å². The molecule has 4 heteroatoms. The van der Waals surface area contributed by atoms with Crippen molar-refractivity contribution in [2.45, 2.75) is 52.1 Å². The number of nitrogens with one attached hydrogen (secondary N) is 1. The highest BCUT2D eigenvalue weighted by atomic mass is 15.2. The summed E-state index contributed by atoms with van der Waals surface area (Å²) in [6.07, 6.45) is 9.15. The minimum Gasteiger partial charge on any atom is -0.332 e. The van der Waals surface area contributed by atoms with Gasteiger partial charge < -0.3 is 14.8 Å². The summed E-state index contributed by atoms with van der Waals surface area (Å²) in [6, 6.07) is 0.512. The molecule has 2 rings (SSSR count). The van der Waals surface area contributed by atoms with Crippen molar-refractivity contribution < 1.29 is 0 Å². The molecule has 1 unspecified atom stereocenters. The van der Waals surface area contributed by atoms with Gasteiger partial charge in [0.1, 0.15) is 0 Å². The van der Waals surface area contributed by atoms with Gasteiger partial charge in [0.15, 0.2) is 0 Å². The summed E-state index contributed by atoms with van der Waals surface area (Å²) in [5.74, 6) is 0. The van der Waals surface area contributed by atoms with E-state index in [-0.39, 0.29) is 0 Å². The van der Waals surface area contributed by atoms with Crippen LogP contribution < -0.4 is 5.32 Å². The van der Waals surface area contributed by atoms with E-state index in [4.69, 9.17) is 0 Å². The molecule has 1 fully saturated rings. The van der Waals surface area contributed by atoms with Gasteiger partial charge in [-0.15, -0.1) is 0 Å². The summed E-state index contributed by atoms with van der Waals surface area (Å²) in [4.78, 5) is 6.86. The number of likely N-dealkylation sites (N-methyl/N-ethyl adjacent to an activating group) is 1. The predicted molar refractivity (Wildman–Crippen MR) is 79.2 cm³/mol. The zero-order valence-electron chi connectivity index (χ0n) is 12.4. The standard InChI is InChI=1S/C15H28N4/c1-3-9-18(4-2)10-11-19-13-16-12-15(19)14-7-5-6-8-17-14/h12-14,17H,3-11H2,1-2H3. The number of rotatable bonds is 7. The summed E-state index contributed by atoms with van der Waals surface area (Å²) >= 11 is 0. The van der Waals surface area contributed by atoms with E-state index in [1.54, 1.807) is 0 Å². The quantitative estimate of drug-likeness (QED) is 0.821. The molecule has 1 aromatic rings. The Bertz CT molecular complexity index is 355. The number of hydrogen-bond donors (Lipinski definition) is 1. The van der Waals surface area contributed by atoms with Crippen LogP contribution in [0.1, 0.15) is 51.3 Å². The lowest BCUT2D eigenvalue weighted by Crippen LogP contribution is -2.31. The molecule has 108 valence electrons. The van der Waals surface area contributed by atoms with Gasteiger partial charge in [0.2, 0.25) is 0 Å². The van der Waals surface area contributed by atoms with Crippen molar-refractivity contribution in [3.8, 4) is 0 Å². The van der Waals surface area contributed by atoms with Gasteiger partial charge in [0.25, 0.3) is 0 Å². The van der Waals surface area contributed by atoms with E-state index >= 15 is 0 Å². The highest BCUT2D eigenvalue weighted by molar-refractivity contribution is 5.06. The first-order chi connectivity index (χ1) is 9.35. The molecule has 0 aliphatic carbocycles. The van der Waals surface area contributed by atoms with Gasteiger partial charge >= 0.3 is 0 Å². The van der Waals surface area contributed by atoms with Crippen LogP contribution in [-0.4, -0.2) is 40.6 Å². The normalized spacial score (nSPS) is 20.1. The molecule has 0 radical (unpaired) electrons. The molecule has 0 amide bonds. The van der Waals surface area contributed by atoms with Crippen molar-refractivity contribution in [1.29, 1.82) is 0 Å². The summed E-state index contributed by atoms with van der Waals surface area (Å²) < 4.78 is 2.33. The first-order valence-electron chi connectivity index (χ1n) is 7.81. The Morgan fingerprint density at radius 2 is 2.26 bits per heavy atom. The van der Waals surface area contributed by atoms with Crippen LogP contribution in [-0.2, 0) is 6.54 Å². The highest BCUT2D eigenvalue weighted by Crippen LogP contribution is 2.22. The SMILES string of the molecule is CCCN(CC)CCn1cncc1C1CCCCN1. The fourth-order valence-corrected chi connectivity index (χ4v) is 2.91. The zero-order valence-corrected chi connectivity index (χ0v) is 12.4. The molecule has 2 heterocycles. The van der Waals surface area contributed by atoms with Gasteiger partial charge in [-0.05, 0) is 38.9 Å². The van der Waals surface area contributed by atoms with Crippen LogP contribution in [0.4, 0.5) is 0 Å². The van der Waals surface area contributed by atoms with Crippen molar-refractivity contribution in [3.05, 3.63) is 18.2 Å². The van der Waals surface area contributed by atoms with E-state index < -0.39 is 0 Å². The lowest BCUT2D eigenvalue weighted by Gasteiger charge is -2.25. The van der Waals surface area contributed by atoms with Crippen LogP contribution >= 0.6 is 0 Å². The first-order valence-corrected chi connectivity index (χ1v) is 7.81. The van der Waals surface area contributed by atoms with E-state index in [1.165, 1.54) is 37.9 Å². The van der Waals surface area contributed by atoms with Crippen LogP contribution in [0.25, 0.3) is 0 Å². The molecule has 1 saturated heterocycles. The van der Waals surface area contributed by atoms with Crippen LogP contribution in [0.3, 0.4) is 0 Å². The Balaban J connectivity index is 1.91. The second kappa shape index (κ2) is 7.65. The summed E-state index contributed by atoms with van der Waals surface area (Å²) in [5, 5.41) is 3.61. The number of nitrogens with zero attached hydrogens (tertiary/aromatic N) is 3. The number of piperidine rings is 1. The Kier molecular flexibility index (Phi) is 5.86.